The van der Waals surface area contributed by atoms with E-state index in [9.17, 15) is 0 Å². The van der Waals surface area contributed by atoms with Crippen LogP contribution in [0, 0.1) is 0 Å². The van der Waals surface area contributed by atoms with Gasteiger partial charge in [-0.25, -0.2) is 0 Å². The molecule has 0 radical (unpaired) electrons. The lowest BCUT2D eigenvalue weighted by atomic mass is 10.0. The van der Waals surface area contributed by atoms with Gasteiger partial charge in [-0.05, 0) is 72.2 Å². The highest BCUT2D eigenvalue weighted by Crippen LogP contribution is 2.28. The van der Waals surface area contributed by atoms with Crippen molar-refractivity contribution in [3.05, 3.63) is 72.8 Å². The molecular weight excluding hydrogens is 472 g/mol. The van der Waals surface area contributed by atoms with Crippen molar-refractivity contribution in [2.75, 3.05) is 26.4 Å². The van der Waals surface area contributed by atoms with Crippen LogP contribution in [-0.2, 0) is 9.47 Å². The van der Waals surface area contributed by atoms with Crippen molar-refractivity contribution in [3.63, 3.8) is 0 Å². The largest absolute Gasteiger partial charge is 0.494 e. The van der Waals surface area contributed by atoms with E-state index >= 15 is 0 Å². The van der Waals surface area contributed by atoms with Gasteiger partial charge < -0.3 is 18.9 Å². The summed E-state index contributed by atoms with van der Waals surface area (Å²) in [5, 5.41) is 0. The fourth-order valence-corrected chi connectivity index (χ4v) is 4.85. The fourth-order valence-electron chi connectivity index (χ4n) is 4.85. The van der Waals surface area contributed by atoms with E-state index in [2.05, 4.69) is 72.8 Å². The Labute approximate surface area is 228 Å². The van der Waals surface area contributed by atoms with Gasteiger partial charge in [-0.15, -0.1) is 0 Å². The molecule has 3 aromatic carbocycles. The lowest BCUT2D eigenvalue weighted by Crippen LogP contribution is -1.97. The Morgan fingerprint density at radius 1 is 0.447 bits per heavy atom. The van der Waals surface area contributed by atoms with E-state index in [0.717, 1.165) is 50.8 Å². The van der Waals surface area contributed by atoms with E-state index in [0.29, 0.717) is 12.2 Å². The van der Waals surface area contributed by atoms with Crippen LogP contribution in [0.5, 0.6) is 11.5 Å². The van der Waals surface area contributed by atoms with Crippen LogP contribution in [0.1, 0.15) is 64.2 Å². The van der Waals surface area contributed by atoms with Crippen molar-refractivity contribution in [1.82, 2.24) is 0 Å². The molecular formula is C34H42O4. The van der Waals surface area contributed by atoms with Gasteiger partial charge in [0.25, 0.3) is 0 Å². The van der Waals surface area contributed by atoms with Gasteiger partial charge >= 0.3 is 0 Å². The molecule has 0 saturated carbocycles. The smallest absolute Gasteiger partial charge is 0.119 e. The lowest BCUT2D eigenvalue weighted by Gasteiger charge is -2.09. The SMILES string of the molecule is c1cc(-c2ccc(-c3ccc(OCCCCCCC4CO4)cc3)cc2)ccc1OCCCCCCC1CO1. The number of hydrogen-bond donors (Lipinski definition) is 0. The van der Waals surface area contributed by atoms with Crippen LogP contribution in [0.2, 0.25) is 0 Å². The average molecular weight is 515 g/mol. The summed E-state index contributed by atoms with van der Waals surface area (Å²) in [4.78, 5) is 0. The molecule has 202 valence electrons. The number of rotatable bonds is 18. The lowest BCUT2D eigenvalue weighted by molar-refractivity contribution is 0.303. The summed E-state index contributed by atoms with van der Waals surface area (Å²) < 4.78 is 22.4. The van der Waals surface area contributed by atoms with Gasteiger partial charge in [0, 0.05) is 0 Å². The number of benzene rings is 3. The third-order valence-corrected chi connectivity index (χ3v) is 7.44. The molecule has 4 heteroatoms. The molecule has 2 heterocycles. The molecule has 2 saturated heterocycles. The minimum absolute atomic E-state index is 0.565. The summed E-state index contributed by atoms with van der Waals surface area (Å²) in [6, 6.07) is 25.7. The van der Waals surface area contributed by atoms with Gasteiger partial charge in [0.2, 0.25) is 0 Å². The monoisotopic (exact) mass is 514 g/mol. The fraction of sp³-hybridized carbons (Fsp3) is 0.471. The summed E-state index contributed by atoms with van der Waals surface area (Å²) in [7, 11) is 0. The minimum Gasteiger partial charge on any atom is -0.494 e. The summed E-state index contributed by atoms with van der Waals surface area (Å²) in [6.07, 6.45) is 13.3. The average Bonchev–Trinajstić information content (AvgIpc) is 3.89. The molecule has 3 aromatic rings. The standard InChI is InChI=1S/C34H42O4/c1(5-9-33-25-37-33)3-7-23-35-31-19-15-29(16-20-31)27-11-13-28(14-12-27)30-17-21-32(22-18-30)36-24-8-4-2-6-10-34-26-38-34/h11-22,33-34H,1-10,23-26H2. The van der Waals surface area contributed by atoms with Crippen LogP contribution in [0.25, 0.3) is 22.3 Å². The van der Waals surface area contributed by atoms with Gasteiger partial charge in [-0.3, -0.25) is 0 Å². The van der Waals surface area contributed by atoms with Crippen molar-refractivity contribution in [1.29, 1.82) is 0 Å². The van der Waals surface area contributed by atoms with Crippen molar-refractivity contribution in [2.24, 2.45) is 0 Å². The molecule has 0 aliphatic carbocycles. The van der Waals surface area contributed by atoms with Gasteiger partial charge in [0.05, 0.1) is 38.6 Å². The molecule has 2 atom stereocenters. The van der Waals surface area contributed by atoms with Crippen LogP contribution in [0.3, 0.4) is 0 Å². The zero-order chi connectivity index (χ0) is 25.8. The van der Waals surface area contributed by atoms with Crippen LogP contribution in [0.4, 0.5) is 0 Å². The summed E-state index contributed by atoms with van der Waals surface area (Å²) >= 11 is 0. The quantitative estimate of drug-likeness (QED) is 0.126. The molecule has 2 aliphatic heterocycles. The third kappa shape index (κ3) is 9.18. The topological polar surface area (TPSA) is 43.5 Å². The number of unbranched alkanes of at least 4 members (excludes halogenated alkanes) is 6. The second-order valence-electron chi connectivity index (χ2n) is 10.6. The molecule has 2 unspecified atom stereocenters. The van der Waals surface area contributed by atoms with E-state index in [1.807, 2.05) is 0 Å². The molecule has 2 aliphatic rings. The Kier molecular flexibility index (Phi) is 10.1. The highest BCUT2D eigenvalue weighted by atomic mass is 16.6. The molecule has 0 amide bonds. The second kappa shape index (κ2) is 14.4. The molecule has 0 spiro atoms. The van der Waals surface area contributed by atoms with Crippen molar-refractivity contribution in [3.8, 4) is 33.8 Å². The third-order valence-electron chi connectivity index (χ3n) is 7.44. The molecule has 0 N–H and O–H groups in total. The van der Waals surface area contributed by atoms with Crippen molar-refractivity contribution < 1.29 is 18.9 Å². The van der Waals surface area contributed by atoms with Crippen molar-refractivity contribution in [2.45, 2.75) is 76.4 Å². The predicted octanol–water partition coefficient (Wildman–Crippen LogP) is 8.48. The number of hydrogen-bond acceptors (Lipinski definition) is 4. The molecule has 2 fully saturated rings. The van der Waals surface area contributed by atoms with Gasteiger partial charge in [-0.2, -0.15) is 0 Å². The number of ether oxygens (including phenoxy) is 4. The Hall–Kier alpha value is -2.82. The first-order valence-electron chi connectivity index (χ1n) is 14.6. The van der Waals surface area contributed by atoms with E-state index in [4.69, 9.17) is 18.9 Å². The summed E-state index contributed by atoms with van der Waals surface area (Å²) in [5.74, 6) is 1.89. The zero-order valence-corrected chi connectivity index (χ0v) is 22.6. The zero-order valence-electron chi connectivity index (χ0n) is 22.6. The Morgan fingerprint density at radius 2 is 0.763 bits per heavy atom. The Morgan fingerprint density at radius 3 is 1.11 bits per heavy atom. The first-order chi connectivity index (χ1) is 18.8. The highest BCUT2D eigenvalue weighted by Gasteiger charge is 2.21. The second-order valence-corrected chi connectivity index (χ2v) is 10.6. The van der Waals surface area contributed by atoms with Crippen LogP contribution in [0.15, 0.2) is 72.8 Å². The van der Waals surface area contributed by atoms with E-state index in [1.54, 1.807) is 0 Å². The molecule has 0 bridgehead atoms. The van der Waals surface area contributed by atoms with Gasteiger partial charge in [0.1, 0.15) is 11.5 Å². The van der Waals surface area contributed by atoms with E-state index in [1.165, 1.54) is 73.6 Å². The first kappa shape index (κ1) is 26.8. The number of epoxide rings is 2. The first-order valence-corrected chi connectivity index (χ1v) is 14.6. The van der Waals surface area contributed by atoms with E-state index < -0.39 is 0 Å². The maximum atomic E-state index is 5.94. The van der Waals surface area contributed by atoms with Crippen LogP contribution >= 0.6 is 0 Å². The maximum Gasteiger partial charge on any atom is 0.119 e. The molecule has 5 rings (SSSR count). The maximum absolute atomic E-state index is 5.94. The minimum atomic E-state index is 0.565. The molecule has 4 nitrogen and oxygen atoms in total. The Balaban J connectivity index is 0.998. The Bertz CT molecular complexity index is 978. The van der Waals surface area contributed by atoms with Gasteiger partial charge in [0.15, 0.2) is 0 Å². The predicted molar refractivity (Wildman–Crippen MR) is 154 cm³/mol. The normalized spacial score (nSPS) is 17.8. The molecule has 0 aromatic heterocycles. The summed E-state index contributed by atoms with van der Waals surface area (Å²) in [6.45, 7) is 3.53. The highest BCUT2D eigenvalue weighted by molar-refractivity contribution is 5.71. The van der Waals surface area contributed by atoms with Crippen molar-refractivity contribution >= 4 is 0 Å². The van der Waals surface area contributed by atoms with Crippen LogP contribution in [-0.4, -0.2) is 38.6 Å². The van der Waals surface area contributed by atoms with E-state index in [-0.39, 0.29) is 0 Å². The summed E-state index contributed by atoms with van der Waals surface area (Å²) in [5.41, 5.74) is 4.83. The molecule has 38 heavy (non-hydrogen) atoms. The van der Waals surface area contributed by atoms with Crippen LogP contribution < -0.4 is 9.47 Å². The van der Waals surface area contributed by atoms with Gasteiger partial charge in [-0.1, -0.05) is 87.1 Å².